The third-order valence-corrected chi connectivity index (χ3v) is 5.62. The Morgan fingerprint density at radius 1 is 1.09 bits per heavy atom. The molecule has 5 atom stereocenters. The zero-order valence-corrected chi connectivity index (χ0v) is 19.1. The molecule has 0 bridgehead atoms. The molecule has 32 heavy (non-hydrogen) atoms. The number of aliphatic carboxylic acids is 1. The molecular weight excluding hydrogens is 442 g/mol. The van der Waals surface area contributed by atoms with E-state index in [1.54, 1.807) is 0 Å². The summed E-state index contributed by atoms with van der Waals surface area (Å²) in [6.07, 6.45) is 1.86. The van der Waals surface area contributed by atoms with Crippen molar-refractivity contribution in [1.29, 1.82) is 0 Å². The number of aliphatic hydroxyl groups is 1. The van der Waals surface area contributed by atoms with Crippen molar-refractivity contribution < 1.29 is 34.2 Å². The number of carboxylic acids is 1. The first-order valence-electron chi connectivity index (χ1n) is 10.4. The van der Waals surface area contributed by atoms with Crippen LogP contribution in [0.25, 0.3) is 0 Å². The topological polar surface area (TPSA) is 200 Å². The van der Waals surface area contributed by atoms with Gasteiger partial charge in [-0.1, -0.05) is 0 Å². The lowest BCUT2D eigenvalue weighted by Gasteiger charge is -2.25. The highest BCUT2D eigenvalue weighted by Crippen LogP contribution is 2.08. The Hall–Kier alpha value is -2.38. The highest BCUT2D eigenvalue weighted by Gasteiger charge is 2.32. The molecule has 8 N–H and O–H groups in total. The first kappa shape index (κ1) is 27.7. The fourth-order valence-corrected chi connectivity index (χ4v) is 3.63. The molecule has 0 spiro atoms. The number of carboxylic acid groups (broad SMARTS) is 1. The van der Waals surface area contributed by atoms with Crippen molar-refractivity contribution in [2.75, 3.05) is 18.6 Å². The Kier molecular flexibility index (Phi) is 12.0. The summed E-state index contributed by atoms with van der Waals surface area (Å²) in [6.45, 7) is 1.91. The van der Waals surface area contributed by atoms with Crippen molar-refractivity contribution in [3.63, 3.8) is 0 Å². The van der Waals surface area contributed by atoms with E-state index in [2.05, 4.69) is 21.3 Å². The Morgan fingerprint density at radius 3 is 2.22 bits per heavy atom. The number of primary amides is 1. The van der Waals surface area contributed by atoms with Crippen LogP contribution in [-0.4, -0.2) is 88.6 Å². The van der Waals surface area contributed by atoms with Gasteiger partial charge in [0.1, 0.15) is 12.1 Å². The van der Waals surface area contributed by atoms with Gasteiger partial charge in [0.15, 0.2) is 6.04 Å². The third kappa shape index (κ3) is 9.40. The molecule has 0 aliphatic carbocycles. The van der Waals surface area contributed by atoms with Crippen LogP contribution < -0.4 is 27.0 Å². The van der Waals surface area contributed by atoms with Crippen LogP contribution in [0, 0.1) is 0 Å². The normalized spacial score (nSPS) is 19.3. The van der Waals surface area contributed by atoms with Crippen LogP contribution in [0.3, 0.4) is 0 Å². The van der Waals surface area contributed by atoms with E-state index in [-0.39, 0.29) is 18.7 Å². The number of nitrogens with two attached hydrogens (primary N) is 1. The number of hydrogen-bond donors (Lipinski definition) is 7. The molecule has 0 radical (unpaired) electrons. The monoisotopic (exact) mass is 475 g/mol. The highest BCUT2D eigenvalue weighted by molar-refractivity contribution is 7.98. The summed E-state index contributed by atoms with van der Waals surface area (Å²) in [5.74, 6) is -3.44. The molecule has 1 aliphatic heterocycles. The molecular formula is C19H33N5O7S. The summed E-state index contributed by atoms with van der Waals surface area (Å²) in [4.78, 5) is 60.4. The third-order valence-electron chi connectivity index (χ3n) is 4.98. The molecule has 1 heterocycles. The summed E-state index contributed by atoms with van der Waals surface area (Å²) in [6, 6.07) is -4.20. The number of carbonyl (C=O) groups is 5. The van der Waals surface area contributed by atoms with E-state index in [0.717, 1.165) is 6.42 Å². The highest BCUT2D eigenvalue weighted by atomic mass is 32.2. The average molecular weight is 476 g/mol. The lowest BCUT2D eigenvalue weighted by Crippen LogP contribution is -2.58. The zero-order chi connectivity index (χ0) is 24.3. The number of rotatable bonds is 14. The molecule has 5 unspecified atom stereocenters. The van der Waals surface area contributed by atoms with Gasteiger partial charge in [0.25, 0.3) is 0 Å². The van der Waals surface area contributed by atoms with Crippen LogP contribution in [0.15, 0.2) is 0 Å². The molecule has 0 aromatic carbocycles. The lowest BCUT2D eigenvalue weighted by atomic mass is 10.1. The van der Waals surface area contributed by atoms with Gasteiger partial charge in [-0.2, -0.15) is 11.8 Å². The molecule has 1 saturated heterocycles. The summed E-state index contributed by atoms with van der Waals surface area (Å²) in [5.41, 5.74) is 5.15. The van der Waals surface area contributed by atoms with Gasteiger partial charge in [-0.25, -0.2) is 4.79 Å². The zero-order valence-electron chi connectivity index (χ0n) is 18.3. The molecule has 0 saturated carbocycles. The van der Waals surface area contributed by atoms with Gasteiger partial charge < -0.3 is 37.2 Å². The standard InChI is InChI=1S/C19H33N5O7S/c1-10(25)15(19(30)31)24-18(29)12(5-6-14(20)26)22-17(28)13(7-9-32-2)23-16(27)11-4-3-8-21-11/h10-13,15,21,25H,3-9H2,1-2H3,(H2,20,26)(H,22,28)(H,23,27)(H,24,29)(H,30,31). The lowest BCUT2D eigenvalue weighted by molar-refractivity contribution is -0.145. The van der Waals surface area contributed by atoms with Gasteiger partial charge in [-0.05, 0) is 51.2 Å². The van der Waals surface area contributed by atoms with Crippen LogP contribution in [0.5, 0.6) is 0 Å². The Bertz CT molecular complexity index is 685. The largest absolute Gasteiger partial charge is 0.480 e. The predicted octanol–water partition coefficient (Wildman–Crippen LogP) is -2.32. The first-order chi connectivity index (χ1) is 15.1. The molecule has 0 aromatic rings. The predicted molar refractivity (Wildman–Crippen MR) is 118 cm³/mol. The summed E-state index contributed by atoms with van der Waals surface area (Å²) >= 11 is 1.48. The van der Waals surface area contributed by atoms with E-state index in [0.29, 0.717) is 25.1 Å². The minimum absolute atomic E-state index is 0.174. The van der Waals surface area contributed by atoms with Crippen LogP contribution in [0.1, 0.15) is 39.0 Å². The van der Waals surface area contributed by atoms with Gasteiger partial charge >= 0.3 is 5.97 Å². The molecule has 1 aliphatic rings. The number of hydrogen-bond acceptors (Lipinski definition) is 8. The molecule has 182 valence electrons. The minimum atomic E-state index is -1.60. The number of thioether (sulfide) groups is 1. The van der Waals surface area contributed by atoms with Crippen LogP contribution in [-0.2, 0) is 24.0 Å². The fraction of sp³-hybridized carbons (Fsp3) is 0.737. The summed E-state index contributed by atoms with van der Waals surface area (Å²) in [5, 5.41) is 29.1. The second-order valence-corrected chi connectivity index (χ2v) is 8.61. The number of carbonyl (C=O) groups excluding carboxylic acids is 4. The Balaban J connectivity index is 2.92. The number of aliphatic hydroxyl groups excluding tert-OH is 1. The fourth-order valence-electron chi connectivity index (χ4n) is 3.16. The van der Waals surface area contributed by atoms with Crippen molar-refractivity contribution in [3.05, 3.63) is 0 Å². The Labute approximate surface area is 190 Å². The summed E-state index contributed by atoms with van der Waals surface area (Å²) < 4.78 is 0. The molecule has 1 fully saturated rings. The molecule has 0 aromatic heterocycles. The molecule has 1 rings (SSSR count). The maximum Gasteiger partial charge on any atom is 0.328 e. The summed E-state index contributed by atoms with van der Waals surface area (Å²) in [7, 11) is 0. The van der Waals surface area contributed by atoms with Crippen molar-refractivity contribution in [2.24, 2.45) is 5.73 Å². The van der Waals surface area contributed by atoms with Crippen molar-refractivity contribution >= 4 is 41.4 Å². The van der Waals surface area contributed by atoms with E-state index < -0.39 is 54.0 Å². The van der Waals surface area contributed by atoms with Crippen LogP contribution in [0.4, 0.5) is 0 Å². The minimum Gasteiger partial charge on any atom is -0.480 e. The maximum atomic E-state index is 12.9. The Morgan fingerprint density at radius 2 is 1.72 bits per heavy atom. The number of nitrogens with one attached hydrogen (secondary N) is 4. The molecule has 4 amide bonds. The van der Waals surface area contributed by atoms with E-state index in [1.165, 1.54) is 18.7 Å². The second-order valence-electron chi connectivity index (χ2n) is 7.62. The molecule has 12 nitrogen and oxygen atoms in total. The van der Waals surface area contributed by atoms with E-state index in [4.69, 9.17) is 5.73 Å². The quantitative estimate of drug-likeness (QED) is 0.144. The van der Waals surface area contributed by atoms with Crippen molar-refractivity contribution in [3.8, 4) is 0 Å². The molecule has 13 heteroatoms. The first-order valence-corrected chi connectivity index (χ1v) is 11.8. The average Bonchev–Trinajstić information content (AvgIpc) is 3.26. The number of amides is 4. The van der Waals surface area contributed by atoms with Gasteiger partial charge in [0.05, 0.1) is 12.1 Å². The van der Waals surface area contributed by atoms with Gasteiger partial charge in [-0.3, -0.25) is 19.2 Å². The van der Waals surface area contributed by atoms with E-state index in [1.807, 2.05) is 6.26 Å². The smallest absolute Gasteiger partial charge is 0.328 e. The van der Waals surface area contributed by atoms with Crippen molar-refractivity contribution in [1.82, 2.24) is 21.3 Å². The maximum absolute atomic E-state index is 12.9. The van der Waals surface area contributed by atoms with E-state index >= 15 is 0 Å². The van der Waals surface area contributed by atoms with Gasteiger partial charge in [-0.15, -0.1) is 0 Å². The van der Waals surface area contributed by atoms with E-state index in [9.17, 15) is 34.2 Å². The van der Waals surface area contributed by atoms with Crippen molar-refractivity contribution in [2.45, 2.75) is 69.3 Å². The second kappa shape index (κ2) is 13.9. The van der Waals surface area contributed by atoms with Crippen LogP contribution >= 0.6 is 11.8 Å². The van der Waals surface area contributed by atoms with Gasteiger partial charge in [0, 0.05) is 6.42 Å². The SMILES string of the molecule is CSCCC(NC(=O)C1CCCN1)C(=O)NC(CCC(N)=O)C(=O)NC(C(=O)O)C(C)O. The van der Waals surface area contributed by atoms with Gasteiger partial charge in [0.2, 0.25) is 23.6 Å². The van der Waals surface area contributed by atoms with Crippen LogP contribution in [0.2, 0.25) is 0 Å².